The Labute approximate surface area is 130 Å². The van der Waals surface area contributed by atoms with Crippen LogP contribution in [0.3, 0.4) is 0 Å². The number of carbonyl (C=O) groups excluding carboxylic acids is 1. The summed E-state index contributed by atoms with van der Waals surface area (Å²) in [5, 5.41) is 0. The summed E-state index contributed by atoms with van der Waals surface area (Å²) in [6, 6.07) is 5.59. The summed E-state index contributed by atoms with van der Waals surface area (Å²) < 4.78 is 7.46. The monoisotopic (exact) mass is 389 g/mol. The second-order valence-electron chi connectivity index (χ2n) is 4.83. The zero-order chi connectivity index (χ0) is 13.8. The number of hydrogen-bond acceptors (Lipinski definition) is 2. The van der Waals surface area contributed by atoms with Crippen molar-refractivity contribution in [1.29, 1.82) is 0 Å². The van der Waals surface area contributed by atoms with E-state index >= 15 is 0 Å². The molecule has 0 radical (unpaired) electrons. The number of halogens is 2. The van der Waals surface area contributed by atoms with Gasteiger partial charge in [-0.25, -0.2) is 0 Å². The molecule has 1 fully saturated rings. The highest BCUT2D eigenvalue weighted by atomic mass is 79.9. The van der Waals surface area contributed by atoms with Crippen LogP contribution < -0.4 is 0 Å². The number of amides is 1. The molecule has 0 aliphatic carbocycles. The Hall–Kier alpha value is -0.390. The summed E-state index contributed by atoms with van der Waals surface area (Å²) in [5.74, 6) is 0.0242. The summed E-state index contributed by atoms with van der Waals surface area (Å²) in [7, 11) is 1.83. The molecule has 5 heteroatoms. The van der Waals surface area contributed by atoms with Gasteiger partial charge in [-0.1, -0.05) is 31.9 Å². The zero-order valence-electron chi connectivity index (χ0n) is 10.9. The van der Waals surface area contributed by atoms with E-state index in [0.29, 0.717) is 12.1 Å². The van der Waals surface area contributed by atoms with Crippen molar-refractivity contribution in [2.24, 2.45) is 0 Å². The van der Waals surface area contributed by atoms with Crippen LogP contribution in [0.15, 0.2) is 27.1 Å². The lowest BCUT2D eigenvalue weighted by molar-refractivity contribution is -0.000189. The van der Waals surface area contributed by atoms with E-state index in [4.69, 9.17) is 4.74 Å². The van der Waals surface area contributed by atoms with Gasteiger partial charge in [-0.15, -0.1) is 0 Å². The van der Waals surface area contributed by atoms with E-state index in [0.717, 1.165) is 28.4 Å². The Balaban J connectivity index is 2.01. The number of ether oxygens (including phenoxy) is 1. The third kappa shape index (κ3) is 4.29. The summed E-state index contributed by atoms with van der Waals surface area (Å²) in [6.45, 7) is 1.47. The third-order valence-electron chi connectivity index (χ3n) is 3.21. The van der Waals surface area contributed by atoms with Gasteiger partial charge in [-0.3, -0.25) is 4.79 Å². The predicted molar refractivity (Wildman–Crippen MR) is 82.4 cm³/mol. The van der Waals surface area contributed by atoms with Crippen LogP contribution in [0.2, 0.25) is 0 Å². The van der Waals surface area contributed by atoms with Crippen LogP contribution >= 0.6 is 31.9 Å². The molecule has 1 saturated heterocycles. The van der Waals surface area contributed by atoms with Gasteiger partial charge in [0.1, 0.15) is 0 Å². The first-order valence-electron chi connectivity index (χ1n) is 6.39. The van der Waals surface area contributed by atoms with E-state index in [1.54, 1.807) is 4.90 Å². The highest BCUT2D eigenvalue weighted by Gasteiger charge is 2.20. The van der Waals surface area contributed by atoms with Gasteiger partial charge in [0.05, 0.1) is 6.10 Å². The second-order valence-corrected chi connectivity index (χ2v) is 6.66. The fourth-order valence-electron chi connectivity index (χ4n) is 2.24. The SMILES string of the molecule is CN(CC1CCCCO1)C(=O)c1cc(Br)cc(Br)c1. The highest BCUT2D eigenvalue weighted by molar-refractivity contribution is 9.11. The van der Waals surface area contributed by atoms with Gasteiger partial charge in [0, 0.05) is 34.7 Å². The third-order valence-corrected chi connectivity index (χ3v) is 4.12. The highest BCUT2D eigenvalue weighted by Crippen LogP contribution is 2.21. The van der Waals surface area contributed by atoms with Crippen LogP contribution in [0.1, 0.15) is 29.6 Å². The molecule has 1 heterocycles. The van der Waals surface area contributed by atoms with Gasteiger partial charge in [-0.2, -0.15) is 0 Å². The van der Waals surface area contributed by atoms with Crippen molar-refractivity contribution in [3.63, 3.8) is 0 Å². The Morgan fingerprint density at radius 1 is 1.32 bits per heavy atom. The van der Waals surface area contributed by atoms with Crippen LogP contribution in [0.25, 0.3) is 0 Å². The first-order valence-corrected chi connectivity index (χ1v) is 7.98. The van der Waals surface area contributed by atoms with Gasteiger partial charge in [0.2, 0.25) is 0 Å². The molecule has 1 aromatic rings. The number of benzene rings is 1. The minimum atomic E-state index is 0.0242. The van der Waals surface area contributed by atoms with Crippen LogP contribution in [0.4, 0.5) is 0 Å². The van der Waals surface area contributed by atoms with Gasteiger partial charge < -0.3 is 9.64 Å². The first kappa shape index (κ1) is 15.0. The molecule has 0 bridgehead atoms. The molecule has 1 aliphatic rings. The van der Waals surface area contributed by atoms with Crippen LogP contribution in [0, 0.1) is 0 Å². The molecule has 1 amide bonds. The van der Waals surface area contributed by atoms with Gasteiger partial charge >= 0.3 is 0 Å². The Morgan fingerprint density at radius 3 is 2.58 bits per heavy atom. The minimum Gasteiger partial charge on any atom is -0.376 e. The molecule has 0 N–H and O–H groups in total. The van der Waals surface area contributed by atoms with E-state index in [1.807, 2.05) is 25.2 Å². The van der Waals surface area contributed by atoms with Crippen LogP contribution in [-0.4, -0.2) is 37.1 Å². The Morgan fingerprint density at radius 2 is 2.00 bits per heavy atom. The van der Waals surface area contributed by atoms with Crippen molar-refractivity contribution < 1.29 is 9.53 Å². The average molecular weight is 391 g/mol. The Bertz CT molecular complexity index is 439. The number of likely N-dealkylation sites (N-methyl/N-ethyl adjacent to an activating group) is 1. The molecule has 1 unspecified atom stereocenters. The van der Waals surface area contributed by atoms with Crippen LogP contribution in [-0.2, 0) is 4.74 Å². The van der Waals surface area contributed by atoms with Crippen molar-refractivity contribution in [2.75, 3.05) is 20.2 Å². The molecule has 19 heavy (non-hydrogen) atoms. The van der Waals surface area contributed by atoms with Crippen LogP contribution in [0.5, 0.6) is 0 Å². The average Bonchev–Trinajstić information content (AvgIpc) is 2.37. The van der Waals surface area contributed by atoms with Gasteiger partial charge in [0.15, 0.2) is 0 Å². The minimum absolute atomic E-state index is 0.0242. The maximum Gasteiger partial charge on any atom is 0.253 e. The smallest absolute Gasteiger partial charge is 0.253 e. The van der Waals surface area contributed by atoms with Crippen molar-refractivity contribution in [1.82, 2.24) is 4.90 Å². The number of rotatable bonds is 3. The molecule has 1 aromatic carbocycles. The number of hydrogen-bond donors (Lipinski definition) is 0. The first-order chi connectivity index (χ1) is 9.06. The molecule has 0 spiro atoms. The molecule has 3 nitrogen and oxygen atoms in total. The quantitative estimate of drug-likeness (QED) is 0.784. The molecule has 1 aliphatic heterocycles. The fraction of sp³-hybridized carbons (Fsp3) is 0.500. The standard InChI is InChI=1S/C14H17Br2NO2/c1-17(9-13-4-2-3-5-19-13)14(18)10-6-11(15)8-12(16)7-10/h6-8,13H,2-5,9H2,1H3. The molecule has 0 aromatic heterocycles. The second kappa shape index (κ2) is 6.86. The molecule has 1 atom stereocenters. The van der Waals surface area contributed by atoms with Gasteiger partial charge in [0.25, 0.3) is 5.91 Å². The summed E-state index contributed by atoms with van der Waals surface area (Å²) in [4.78, 5) is 14.1. The molecule has 2 rings (SSSR count). The normalized spacial score (nSPS) is 19.2. The lowest BCUT2D eigenvalue weighted by Crippen LogP contribution is -2.37. The maximum absolute atomic E-state index is 12.4. The predicted octanol–water partition coefficient (Wildman–Crippen LogP) is 3.85. The van der Waals surface area contributed by atoms with Crippen molar-refractivity contribution >= 4 is 37.8 Å². The summed E-state index contributed by atoms with van der Waals surface area (Å²) >= 11 is 6.81. The number of carbonyl (C=O) groups is 1. The van der Waals surface area contributed by atoms with E-state index in [1.165, 1.54) is 6.42 Å². The zero-order valence-corrected chi connectivity index (χ0v) is 14.0. The molecule has 0 saturated carbocycles. The van der Waals surface area contributed by atoms with Gasteiger partial charge in [-0.05, 0) is 37.5 Å². The number of nitrogens with zero attached hydrogens (tertiary/aromatic N) is 1. The molecular formula is C14H17Br2NO2. The van der Waals surface area contributed by atoms with E-state index in [9.17, 15) is 4.79 Å². The van der Waals surface area contributed by atoms with Crippen molar-refractivity contribution in [3.05, 3.63) is 32.7 Å². The lowest BCUT2D eigenvalue weighted by Gasteiger charge is -2.27. The summed E-state index contributed by atoms with van der Waals surface area (Å²) in [5.41, 5.74) is 0.680. The molecule has 104 valence electrons. The van der Waals surface area contributed by atoms with Crippen molar-refractivity contribution in [2.45, 2.75) is 25.4 Å². The lowest BCUT2D eigenvalue weighted by atomic mass is 10.1. The maximum atomic E-state index is 12.4. The molecular weight excluding hydrogens is 374 g/mol. The van der Waals surface area contributed by atoms with E-state index in [2.05, 4.69) is 31.9 Å². The fourth-order valence-corrected chi connectivity index (χ4v) is 3.53. The van der Waals surface area contributed by atoms with E-state index in [-0.39, 0.29) is 12.0 Å². The van der Waals surface area contributed by atoms with Crippen molar-refractivity contribution in [3.8, 4) is 0 Å². The largest absolute Gasteiger partial charge is 0.376 e. The topological polar surface area (TPSA) is 29.5 Å². The Kier molecular flexibility index (Phi) is 5.42. The summed E-state index contributed by atoms with van der Waals surface area (Å²) in [6.07, 6.45) is 3.54. The van der Waals surface area contributed by atoms with E-state index < -0.39 is 0 Å².